The van der Waals surface area contributed by atoms with E-state index in [0.717, 1.165) is 24.2 Å². The van der Waals surface area contributed by atoms with Gasteiger partial charge in [0.15, 0.2) is 0 Å². The molecule has 1 fully saturated rings. The van der Waals surface area contributed by atoms with Crippen LogP contribution < -0.4 is 4.74 Å². The Morgan fingerprint density at radius 1 is 1.28 bits per heavy atom. The number of hydrogen-bond donors (Lipinski definition) is 1. The van der Waals surface area contributed by atoms with E-state index in [1.807, 2.05) is 12.1 Å². The number of hydrogen-bond acceptors (Lipinski definition) is 3. The lowest BCUT2D eigenvalue weighted by atomic mass is 9.75. The van der Waals surface area contributed by atoms with Gasteiger partial charge in [-0.2, -0.15) is 0 Å². The Morgan fingerprint density at radius 3 is 2.83 bits per heavy atom. The number of aromatic hydroxyl groups is 1. The first-order valence-electron chi connectivity index (χ1n) is 6.65. The summed E-state index contributed by atoms with van der Waals surface area (Å²) in [6.07, 6.45) is 2.32. The van der Waals surface area contributed by atoms with Gasteiger partial charge in [0, 0.05) is 5.92 Å². The molecule has 0 amide bonds. The molecule has 1 aromatic rings. The zero-order valence-corrected chi connectivity index (χ0v) is 11.1. The van der Waals surface area contributed by atoms with E-state index in [2.05, 4.69) is 20.8 Å². The summed E-state index contributed by atoms with van der Waals surface area (Å²) in [5.74, 6) is 1.34. The zero-order valence-electron chi connectivity index (χ0n) is 11.1. The molecule has 1 aromatic carbocycles. The van der Waals surface area contributed by atoms with Gasteiger partial charge in [-0.3, -0.25) is 0 Å². The van der Waals surface area contributed by atoms with Gasteiger partial charge >= 0.3 is 0 Å². The van der Waals surface area contributed by atoms with Gasteiger partial charge in [-0.25, -0.2) is 0 Å². The van der Waals surface area contributed by atoms with Gasteiger partial charge in [0.05, 0.1) is 17.8 Å². The second-order valence-corrected chi connectivity index (χ2v) is 5.95. The highest BCUT2D eigenvalue weighted by Gasteiger charge is 2.47. The molecule has 98 valence electrons. The summed E-state index contributed by atoms with van der Waals surface area (Å²) in [7, 11) is 0. The Balaban J connectivity index is 2.10. The van der Waals surface area contributed by atoms with E-state index in [0.29, 0.717) is 5.92 Å². The van der Waals surface area contributed by atoms with Crippen LogP contribution >= 0.6 is 0 Å². The third kappa shape index (κ3) is 1.69. The molecular formula is C15H20O3. The molecule has 0 unspecified atom stereocenters. The van der Waals surface area contributed by atoms with Crippen molar-refractivity contribution >= 4 is 0 Å². The maximum absolute atomic E-state index is 10.1. The molecule has 1 N–H and O–H groups in total. The SMILES string of the molecule is C[C@@H]1CC[C@@H]2[C@@H](O1)c1c(O)cccc1OC2(C)C. The number of rotatable bonds is 0. The van der Waals surface area contributed by atoms with Crippen LogP contribution in [0.4, 0.5) is 0 Å². The van der Waals surface area contributed by atoms with Crippen LogP contribution in [0.25, 0.3) is 0 Å². The van der Waals surface area contributed by atoms with Crippen molar-refractivity contribution in [3.8, 4) is 11.5 Å². The minimum Gasteiger partial charge on any atom is -0.507 e. The van der Waals surface area contributed by atoms with Crippen LogP contribution in [0.1, 0.15) is 45.3 Å². The Bertz CT molecular complexity index is 467. The van der Waals surface area contributed by atoms with E-state index in [4.69, 9.17) is 9.47 Å². The van der Waals surface area contributed by atoms with Crippen LogP contribution in [0.2, 0.25) is 0 Å². The fraction of sp³-hybridized carbons (Fsp3) is 0.600. The van der Waals surface area contributed by atoms with Crippen molar-refractivity contribution in [1.82, 2.24) is 0 Å². The average molecular weight is 248 g/mol. The third-order valence-corrected chi connectivity index (χ3v) is 4.22. The molecule has 2 aliphatic rings. The van der Waals surface area contributed by atoms with E-state index in [-0.39, 0.29) is 23.6 Å². The summed E-state index contributed by atoms with van der Waals surface area (Å²) < 4.78 is 12.2. The summed E-state index contributed by atoms with van der Waals surface area (Å²) in [5.41, 5.74) is 0.583. The van der Waals surface area contributed by atoms with Gasteiger partial charge < -0.3 is 14.6 Å². The Morgan fingerprint density at radius 2 is 2.06 bits per heavy atom. The number of ether oxygens (including phenoxy) is 2. The zero-order chi connectivity index (χ0) is 12.9. The molecule has 0 aliphatic carbocycles. The normalized spacial score (nSPS) is 33.2. The van der Waals surface area contributed by atoms with Gasteiger partial charge in [0.2, 0.25) is 0 Å². The Hall–Kier alpha value is -1.22. The second kappa shape index (κ2) is 3.89. The number of benzene rings is 1. The van der Waals surface area contributed by atoms with E-state index < -0.39 is 0 Å². The summed E-state index contributed by atoms with van der Waals surface area (Å²) in [6.45, 7) is 6.31. The van der Waals surface area contributed by atoms with E-state index in [1.165, 1.54) is 0 Å². The van der Waals surface area contributed by atoms with Gasteiger partial charge in [-0.15, -0.1) is 0 Å². The Kier molecular flexibility index (Phi) is 2.56. The molecule has 3 atom stereocenters. The molecule has 0 radical (unpaired) electrons. The highest BCUT2D eigenvalue weighted by molar-refractivity contribution is 5.48. The predicted molar refractivity (Wildman–Crippen MR) is 68.8 cm³/mol. The summed E-state index contributed by atoms with van der Waals surface area (Å²) in [5, 5.41) is 10.1. The summed E-state index contributed by atoms with van der Waals surface area (Å²) in [6, 6.07) is 5.44. The molecular weight excluding hydrogens is 228 g/mol. The number of fused-ring (bicyclic) bond motifs is 3. The Labute approximate surface area is 108 Å². The van der Waals surface area contributed by atoms with Crippen molar-refractivity contribution in [2.45, 2.75) is 51.4 Å². The van der Waals surface area contributed by atoms with Crippen LogP contribution in [0, 0.1) is 5.92 Å². The first-order chi connectivity index (χ1) is 8.49. The third-order valence-electron chi connectivity index (χ3n) is 4.22. The summed E-state index contributed by atoms with van der Waals surface area (Å²) >= 11 is 0. The smallest absolute Gasteiger partial charge is 0.129 e. The van der Waals surface area contributed by atoms with E-state index >= 15 is 0 Å². The lowest BCUT2D eigenvalue weighted by Crippen LogP contribution is -2.48. The van der Waals surface area contributed by atoms with Crippen LogP contribution in [0.3, 0.4) is 0 Å². The van der Waals surface area contributed by atoms with Crippen LogP contribution in [0.15, 0.2) is 18.2 Å². The molecule has 18 heavy (non-hydrogen) atoms. The van der Waals surface area contributed by atoms with Crippen molar-refractivity contribution in [3.63, 3.8) is 0 Å². The molecule has 0 bridgehead atoms. The molecule has 3 nitrogen and oxygen atoms in total. The number of phenols is 1. The van der Waals surface area contributed by atoms with Crippen molar-refractivity contribution in [2.24, 2.45) is 5.92 Å². The standard InChI is InChI=1S/C15H20O3/c1-9-7-8-10-14(17-9)13-11(16)5-4-6-12(13)18-15(10,2)3/h4-6,9-10,14,16H,7-8H2,1-3H3/t9-,10-,14-/m1/s1. The lowest BCUT2D eigenvalue weighted by molar-refractivity contribution is -0.145. The number of phenolic OH excluding ortho intramolecular Hbond substituents is 1. The maximum atomic E-state index is 10.1. The molecule has 0 saturated carbocycles. The second-order valence-electron chi connectivity index (χ2n) is 5.95. The molecule has 0 aromatic heterocycles. The minimum absolute atomic E-state index is 0.0475. The largest absolute Gasteiger partial charge is 0.507 e. The molecule has 1 saturated heterocycles. The monoisotopic (exact) mass is 248 g/mol. The predicted octanol–water partition coefficient (Wildman–Crippen LogP) is 3.42. The topological polar surface area (TPSA) is 38.7 Å². The van der Waals surface area contributed by atoms with Crippen molar-refractivity contribution in [2.75, 3.05) is 0 Å². The van der Waals surface area contributed by atoms with Gasteiger partial charge in [-0.1, -0.05) is 6.07 Å². The fourth-order valence-corrected chi connectivity index (χ4v) is 3.23. The molecule has 2 heterocycles. The highest BCUT2D eigenvalue weighted by Crippen LogP contribution is 2.52. The van der Waals surface area contributed by atoms with E-state index in [1.54, 1.807) is 6.07 Å². The lowest BCUT2D eigenvalue weighted by Gasteiger charge is -2.48. The maximum Gasteiger partial charge on any atom is 0.129 e. The first kappa shape index (κ1) is 11.8. The van der Waals surface area contributed by atoms with Crippen LogP contribution in [0.5, 0.6) is 11.5 Å². The van der Waals surface area contributed by atoms with Gasteiger partial charge in [0.25, 0.3) is 0 Å². The minimum atomic E-state index is -0.244. The van der Waals surface area contributed by atoms with Gasteiger partial charge in [0.1, 0.15) is 17.1 Å². The quantitative estimate of drug-likeness (QED) is 0.764. The van der Waals surface area contributed by atoms with Crippen molar-refractivity contribution < 1.29 is 14.6 Å². The molecule has 0 spiro atoms. The van der Waals surface area contributed by atoms with Gasteiger partial charge in [-0.05, 0) is 45.7 Å². The van der Waals surface area contributed by atoms with Crippen molar-refractivity contribution in [3.05, 3.63) is 23.8 Å². The first-order valence-corrected chi connectivity index (χ1v) is 6.65. The highest BCUT2D eigenvalue weighted by atomic mass is 16.5. The van der Waals surface area contributed by atoms with E-state index in [9.17, 15) is 5.11 Å². The molecule has 3 heteroatoms. The average Bonchev–Trinajstić information content (AvgIpc) is 2.27. The van der Waals surface area contributed by atoms with Crippen LogP contribution in [-0.4, -0.2) is 16.8 Å². The fourth-order valence-electron chi connectivity index (χ4n) is 3.23. The summed E-state index contributed by atoms with van der Waals surface area (Å²) in [4.78, 5) is 0. The molecule has 2 aliphatic heterocycles. The molecule has 3 rings (SSSR count). The van der Waals surface area contributed by atoms with Crippen molar-refractivity contribution in [1.29, 1.82) is 0 Å². The van der Waals surface area contributed by atoms with Crippen LogP contribution in [-0.2, 0) is 4.74 Å².